The quantitative estimate of drug-likeness (QED) is 0.850. The zero-order valence-electron chi connectivity index (χ0n) is 15.5. The van der Waals surface area contributed by atoms with Gasteiger partial charge in [0.25, 0.3) is 0 Å². The average Bonchev–Trinajstić information content (AvgIpc) is 2.72. The summed E-state index contributed by atoms with van der Waals surface area (Å²) in [6.07, 6.45) is 3.84. The molecule has 0 spiro atoms. The average molecular weight is 388 g/mol. The Morgan fingerprint density at radius 3 is 2.52 bits per heavy atom. The summed E-state index contributed by atoms with van der Waals surface area (Å²) < 4.78 is 13.0. The highest BCUT2D eigenvalue weighted by atomic mass is 32.2. The molecule has 0 bridgehead atoms. The van der Waals surface area contributed by atoms with Crippen molar-refractivity contribution in [3.63, 3.8) is 0 Å². The van der Waals surface area contributed by atoms with E-state index in [0.29, 0.717) is 6.04 Å². The number of nitrogens with one attached hydrogen (secondary N) is 1. The van der Waals surface area contributed by atoms with Gasteiger partial charge in [0, 0.05) is 56.3 Å². The zero-order chi connectivity index (χ0) is 18.5. The van der Waals surface area contributed by atoms with Crippen LogP contribution in [0.1, 0.15) is 18.4 Å². The first kappa shape index (κ1) is 18.5. The Labute approximate surface area is 164 Å². The number of benzene rings is 1. The minimum absolute atomic E-state index is 0.172. The Morgan fingerprint density at radius 1 is 1.04 bits per heavy atom. The second-order valence-electron chi connectivity index (χ2n) is 7.18. The van der Waals surface area contributed by atoms with Gasteiger partial charge in [0.05, 0.1) is 0 Å². The Bertz CT molecular complexity index is 727. The van der Waals surface area contributed by atoms with E-state index < -0.39 is 0 Å². The lowest BCUT2D eigenvalue weighted by Crippen LogP contribution is -2.39. The Kier molecular flexibility index (Phi) is 6.09. The van der Waals surface area contributed by atoms with Crippen molar-refractivity contribution in [2.24, 2.45) is 0 Å². The van der Waals surface area contributed by atoms with Gasteiger partial charge in [-0.3, -0.25) is 4.90 Å². The van der Waals surface area contributed by atoms with Gasteiger partial charge >= 0.3 is 0 Å². The molecule has 2 aromatic rings. The van der Waals surface area contributed by atoms with Gasteiger partial charge in [0.15, 0.2) is 0 Å². The third-order valence-corrected chi connectivity index (χ3v) is 6.19. The highest BCUT2D eigenvalue weighted by Gasteiger charge is 2.20. The molecule has 0 saturated carbocycles. The fourth-order valence-electron chi connectivity index (χ4n) is 3.68. The molecule has 7 heteroatoms. The van der Waals surface area contributed by atoms with Crippen LogP contribution in [-0.4, -0.2) is 58.6 Å². The van der Waals surface area contributed by atoms with Crippen LogP contribution in [0.15, 0.2) is 36.7 Å². The van der Waals surface area contributed by atoms with E-state index in [-0.39, 0.29) is 5.82 Å². The second-order valence-corrected chi connectivity index (χ2v) is 8.41. The van der Waals surface area contributed by atoms with Crippen LogP contribution in [0.3, 0.4) is 0 Å². The molecule has 2 aliphatic rings. The molecule has 1 aromatic carbocycles. The van der Waals surface area contributed by atoms with E-state index in [0.717, 1.165) is 57.2 Å². The van der Waals surface area contributed by atoms with Crippen molar-refractivity contribution in [1.29, 1.82) is 0 Å². The largest absolute Gasteiger partial charge is 0.367 e. The molecular formula is C20H26FN5S. The third kappa shape index (κ3) is 5.11. The molecular weight excluding hydrogens is 361 g/mol. The van der Waals surface area contributed by atoms with Crippen LogP contribution in [-0.2, 0) is 6.54 Å². The molecule has 5 nitrogen and oxygen atoms in total. The highest BCUT2D eigenvalue weighted by molar-refractivity contribution is 7.99. The van der Waals surface area contributed by atoms with Crippen molar-refractivity contribution in [2.45, 2.75) is 25.4 Å². The number of anilines is 2. The summed E-state index contributed by atoms with van der Waals surface area (Å²) in [4.78, 5) is 13.6. The normalized spacial score (nSPS) is 19.2. The molecule has 2 fully saturated rings. The van der Waals surface area contributed by atoms with Gasteiger partial charge < -0.3 is 10.2 Å². The first-order chi connectivity index (χ1) is 13.3. The molecule has 144 valence electrons. The molecule has 0 amide bonds. The third-order valence-electron chi connectivity index (χ3n) is 5.25. The minimum Gasteiger partial charge on any atom is -0.367 e. The van der Waals surface area contributed by atoms with Gasteiger partial charge in [-0.2, -0.15) is 11.8 Å². The second kappa shape index (κ2) is 8.89. The number of likely N-dealkylation sites (tertiary alicyclic amines) is 1. The lowest BCUT2D eigenvalue weighted by Gasteiger charge is -2.33. The van der Waals surface area contributed by atoms with E-state index >= 15 is 0 Å². The van der Waals surface area contributed by atoms with Crippen LogP contribution < -0.4 is 10.2 Å². The van der Waals surface area contributed by atoms with E-state index in [2.05, 4.69) is 31.2 Å². The summed E-state index contributed by atoms with van der Waals surface area (Å²) in [5, 5.41) is 3.59. The number of nitrogens with zero attached hydrogens (tertiary/aromatic N) is 4. The molecule has 1 aromatic heterocycles. The number of aromatic nitrogens is 2. The lowest BCUT2D eigenvalue weighted by molar-refractivity contribution is 0.211. The first-order valence-corrected chi connectivity index (χ1v) is 10.8. The van der Waals surface area contributed by atoms with Crippen molar-refractivity contribution in [3.8, 4) is 0 Å². The van der Waals surface area contributed by atoms with Gasteiger partial charge in [-0.1, -0.05) is 12.1 Å². The van der Waals surface area contributed by atoms with E-state index in [1.54, 1.807) is 6.33 Å². The summed E-state index contributed by atoms with van der Waals surface area (Å²) >= 11 is 2.00. The van der Waals surface area contributed by atoms with E-state index in [4.69, 9.17) is 0 Å². The summed E-state index contributed by atoms with van der Waals surface area (Å²) in [5.41, 5.74) is 1.17. The summed E-state index contributed by atoms with van der Waals surface area (Å²) in [5.74, 6) is 4.12. The highest BCUT2D eigenvalue weighted by Crippen LogP contribution is 2.21. The number of hydrogen-bond acceptors (Lipinski definition) is 6. The molecule has 2 saturated heterocycles. The number of hydrogen-bond donors (Lipinski definition) is 1. The van der Waals surface area contributed by atoms with Crippen LogP contribution in [0.5, 0.6) is 0 Å². The van der Waals surface area contributed by atoms with Gasteiger partial charge in [-0.25, -0.2) is 14.4 Å². The first-order valence-electron chi connectivity index (χ1n) is 9.64. The van der Waals surface area contributed by atoms with Crippen molar-refractivity contribution in [3.05, 3.63) is 48.0 Å². The van der Waals surface area contributed by atoms with Gasteiger partial charge in [0.1, 0.15) is 23.8 Å². The standard InChI is InChI=1S/C20H26FN5S/c21-17-3-1-16(2-4-17)14-25-7-5-18(6-8-25)24-19-13-20(23-15-22-19)26-9-11-27-12-10-26/h1-4,13,15,18H,5-12,14H2,(H,22,23,24). The van der Waals surface area contributed by atoms with E-state index in [1.165, 1.54) is 29.2 Å². The molecule has 0 atom stereocenters. The van der Waals surface area contributed by atoms with Gasteiger partial charge in [-0.15, -0.1) is 0 Å². The number of rotatable bonds is 5. The van der Waals surface area contributed by atoms with Crippen LogP contribution >= 0.6 is 11.8 Å². The van der Waals surface area contributed by atoms with Crippen LogP contribution in [0.25, 0.3) is 0 Å². The maximum absolute atomic E-state index is 13.0. The topological polar surface area (TPSA) is 44.3 Å². The molecule has 0 unspecified atom stereocenters. The van der Waals surface area contributed by atoms with Crippen LogP contribution in [0.4, 0.5) is 16.0 Å². The smallest absolute Gasteiger partial charge is 0.134 e. The Morgan fingerprint density at radius 2 is 1.78 bits per heavy atom. The SMILES string of the molecule is Fc1ccc(CN2CCC(Nc3cc(N4CCSCC4)ncn3)CC2)cc1. The zero-order valence-corrected chi connectivity index (χ0v) is 16.3. The van der Waals surface area contributed by atoms with Crippen molar-refractivity contribution in [2.75, 3.05) is 47.9 Å². The fourth-order valence-corrected chi connectivity index (χ4v) is 4.59. The van der Waals surface area contributed by atoms with Crippen molar-refractivity contribution in [1.82, 2.24) is 14.9 Å². The fraction of sp³-hybridized carbons (Fsp3) is 0.500. The summed E-state index contributed by atoms with van der Waals surface area (Å²) in [6, 6.07) is 9.35. The van der Waals surface area contributed by atoms with Crippen LogP contribution in [0, 0.1) is 5.82 Å². The number of piperidine rings is 1. The van der Waals surface area contributed by atoms with Crippen molar-refractivity contribution < 1.29 is 4.39 Å². The van der Waals surface area contributed by atoms with E-state index in [1.807, 2.05) is 23.9 Å². The van der Waals surface area contributed by atoms with Gasteiger partial charge in [0.2, 0.25) is 0 Å². The summed E-state index contributed by atoms with van der Waals surface area (Å²) in [6.45, 7) is 5.08. The Hall–Kier alpha value is -1.86. The number of halogens is 1. The van der Waals surface area contributed by atoms with Crippen LogP contribution in [0.2, 0.25) is 0 Å². The number of thioether (sulfide) groups is 1. The van der Waals surface area contributed by atoms with Gasteiger partial charge in [-0.05, 0) is 30.5 Å². The molecule has 4 rings (SSSR count). The Balaban J connectivity index is 1.28. The maximum atomic E-state index is 13.0. The molecule has 0 aliphatic carbocycles. The molecule has 1 N–H and O–H groups in total. The monoisotopic (exact) mass is 387 g/mol. The maximum Gasteiger partial charge on any atom is 0.134 e. The predicted octanol–water partition coefficient (Wildman–Crippen LogP) is 3.25. The molecule has 27 heavy (non-hydrogen) atoms. The minimum atomic E-state index is -0.172. The molecule has 0 radical (unpaired) electrons. The molecule has 2 aliphatic heterocycles. The predicted molar refractivity (Wildman–Crippen MR) is 110 cm³/mol. The molecule has 3 heterocycles. The van der Waals surface area contributed by atoms with Crippen molar-refractivity contribution >= 4 is 23.4 Å². The van der Waals surface area contributed by atoms with E-state index in [9.17, 15) is 4.39 Å². The lowest BCUT2D eigenvalue weighted by atomic mass is 10.0. The summed E-state index contributed by atoms with van der Waals surface area (Å²) in [7, 11) is 0.